The lowest BCUT2D eigenvalue weighted by atomic mass is 10.1. The Balaban J connectivity index is 0.000000219. The molecule has 0 unspecified atom stereocenters. The van der Waals surface area contributed by atoms with Crippen LogP contribution in [0, 0.1) is 26.7 Å². The molecule has 1 amide bonds. The molecule has 0 bridgehead atoms. The fourth-order valence-electron chi connectivity index (χ4n) is 4.46. The number of aryl methyl sites for hydroxylation is 3. The summed E-state index contributed by atoms with van der Waals surface area (Å²) in [6.45, 7) is 5.72. The highest BCUT2D eigenvalue weighted by molar-refractivity contribution is 7.19. The maximum Gasteiger partial charge on any atom is 0.341 e. The summed E-state index contributed by atoms with van der Waals surface area (Å²) in [6.07, 6.45) is 2.12. The summed E-state index contributed by atoms with van der Waals surface area (Å²) in [5.74, 6) is -0.0259. The minimum atomic E-state index is -0.990. The van der Waals surface area contributed by atoms with E-state index < -0.39 is 5.97 Å². The molecule has 174 valence electrons. The van der Waals surface area contributed by atoms with Gasteiger partial charge in [-0.25, -0.2) is 9.78 Å². The number of aromatic nitrogens is 2. The number of rotatable bonds is 4. The number of carboxylic acids is 1. The van der Waals surface area contributed by atoms with E-state index in [1.165, 1.54) is 11.3 Å². The quantitative estimate of drug-likeness (QED) is 0.527. The number of carbonyl (C=O) groups is 2. The number of carboxylic acid groups (broad SMARTS) is 1. The number of nitrogen functional groups attached to an aromatic ring is 1. The van der Waals surface area contributed by atoms with Crippen LogP contribution in [0.1, 0.15) is 50.7 Å². The predicted octanol–water partition coefficient (Wildman–Crippen LogP) is 3.25. The number of thiazole rings is 1. The van der Waals surface area contributed by atoms with Gasteiger partial charge in [0, 0.05) is 18.6 Å². The number of benzene rings is 1. The molecule has 1 saturated carbocycles. The van der Waals surface area contributed by atoms with E-state index in [1.807, 2.05) is 30.0 Å². The number of anilines is 1. The van der Waals surface area contributed by atoms with Gasteiger partial charge in [0.15, 0.2) is 5.13 Å². The van der Waals surface area contributed by atoms with E-state index in [-0.39, 0.29) is 17.5 Å². The number of nitrogens with zero attached hydrogens (tertiary/aromatic N) is 3. The van der Waals surface area contributed by atoms with Crippen LogP contribution in [0.5, 0.6) is 0 Å². The van der Waals surface area contributed by atoms with Crippen molar-refractivity contribution in [2.45, 2.75) is 45.7 Å². The average molecular weight is 470 g/mol. The highest BCUT2D eigenvalue weighted by Gasteiger charge is 2.54. The van der Waals surface area contributed by atoms with Crippen molar-refractivity contribution in [2.75, 3.05) is 12.3 Å². The fourth-order valence-corrected chi connectivity index (χ4v) is 5.28. The summed E-state index contributed by atoms with van der Waals surface area (Å²) in [5, 5.41) is 12.4. The van der Waals surface area contributed by atoms with Gasteiger partial charge in [0.2, 0.25) is 0 Å². The van der Waals surface area contributed by atoms with Crippen molar-refractivity contribution in [1.29, 1.82) is 0 Å². The van der Waals surface area contributed by atoms with Crippen LogP contribution in [-0.4, -0.2) is 50.7 Å². The number of piperidine rings is 1. The molecule has 1 aromatic carbocycles. The standard InChI is InChI=1S/C17H20N4OS.C6H7NO3/c1-9-3-2-4-10(5-9)15-14(20-17(19)23-15)16(22)21-12(8-18)6-11-7-13(11)21;1-3-5(6(8)9)4(2)10-7-3/h2-5,11-13H,6-8,18H2,1H3,(H2,19,20);1-2H3,(H,8,9)/t11-,12+,13+;/m1./s1. The molecule has 1 saturated heterocycles. The lowest BCUT2D eigenvalue weighted by molar-refractivity contribution is 0.0688. The van der Waals surface area contributed by atoms with Crippen molar-refractivity contribution in [2.24, 2.45) is 11.7 Å². The molecule has 2 fully saturated rings. The first kappa shape index (κ1) is 22.9. The Kier molecular flexibility index (Phi) is 6.22. The maximum absolute atomic E-state index is 13.1. The third-order valence-corrected chi connectivity index (χ3v) is 7.02. The molecule has 2 aliphatic rings. The molecule has 3 heterocycles. The van der Waals surface area contributed by atoms with E-state index in [0.29, 0.717) is 40.8 Å². The van der Waals surface area contributed by atoms with Crippen molar-refractivity contribution in [3.8, 4) is 10.4 Å². The molecule has 5 rings (SSSR count). The van der Waals surface area contributed by atoms with Gasteiger partial charge >= 0.3 is 5.97 Å². The summed E-state index contributed by atoms with van der Waals surface area (Å²) >= 11 is 1.37. The molecule has 2 aromatic heterocycles. The van der Waals surface area contributed by atoms with Gasteiger partial charge in [-0.15, -0.1) is 0 Å². The number of fused-ring (bicyclic) bond motifs is 1. The van der Waals surface area contributed by atoms with E-state index in [4.69, 9.17) is 16.6 Å². The van der Waals surface area contributed by atoms with Crippen molar-refractivity contribution < 1.29 is 19.2 Å². The zero-order valence-electron chi connectivity index (χ0n) is 18.7. The van der Waals surface area contributed by atoms with E-state index in [1.54, 1.807) is 13.8 Å². The minimum Gasteiger partial charge on any atom is -0.477 e. The maximum atomic E-state index is 13.1. The molecule has 9 nitrogen and oxygen atoms in total. The Hall–Kier alpha value is -3.24. The Bertz CT molecular complexity index is 1180. The van der Waals surface area contributed by atoms with Gasteiger partial charge in [-0.3, -0.25) is 4.79 Å². The molecule has 10 heteroatoms. The minimum absolute atomic E-state index is 0.0186. The Morgan fingerprint density at radius 2 is 2.03 bits per heavy atom. The molecule has 0 spiro atoms. The van der Waals surface area contributed by atoms with Crippen molar-refractivity contribution in [1.82, 2.24) is 15.0 Å². The third-order valence-electron chi connectivity index (χ3n) is 6.09. The second-order valence-electron chi connectivity index (χ2n) is 8.50. The molecular formula is C23H27N5O4S. The van der Waals surface area contributed by atoms with Crippen LogP contribution in [0.4, 0.5) is 5.13 Å². The average Bonchev–Trinajstić information content (AvgIpc) is 3.08. The first-order chi connectivity index (χ1) is 15.7. The van der Waals surface area contributed by atoms with Crippen molar-refractivity contribution in [3.05, 3.63) is 52.5 Å². The Morgan fingerprint density at radius 3 is 2.61 bits per heavy atom. The summed E-state index contributed by atoms with van der Waals surface area (Å²) in [6, 6.07) is 8.58. The topological polar surface area (TPSA) is 149 Å². The first-order valence-electron chi connectivity index (χ1n) is 10.7. The van der Waals surface area contributed by atoms with Crippen LogP contribution in [0.25, 0.3) is 10.4 Å². The predicted molar refractivity (Wildman–Crippen MR) is 125 cm³/mol. The van der Waals surface area contributed by atoms with Crippen LogP contribution >= 0.6 is 11.3 Å². The van der Waals surface area contributed by atoms with Gasteiger partial charge in [0.05, 0.1) is 10.6 Å². The summed E-state index contributed by atoms with van der Waals surface area (Å²) in [7, 11) is 0. The molecule has 1 aliphatic heterocycles. The molecule has 5 N–H and O–H groups in total. The fraction of sp³-hybridized carbons (Fsp3) is 0.391. The highest BCUT2D eigenvalue weighted by Crippen LogP contribution is 2.48. The van der Waals surface area contributed by atoms with Gasteiger partial charge in [-0.2, -0.15) is 0 Å². The van der Waals surface area contributed by atoms with Gasteiger partial charge < -0.3 is 26.0 Å². The van der Waals surface area contributed by atoms with Crippen LogP contribution < -0.4 is 11.5 Å². The molecule has 33 heavy (non-hydrogen) atoms. The third kappa shape index (κ3) is 4.49. The highest BCUT2D eigenvalue weighted by atomic mass is 32.1. The number of likely N-dealkylation sites (tertiary alicyclic amines) is 1. The second kappa shape index (κ2) is 8.95. The summed E-state index contributed by atoms with van der Waals surface area (Å²) in [4.78, 5) is 30.7. The van der Waals surface area contributed by atoms with E-state index in [0.717, 1.165) is 28.8 Å². The summed E-state index contributed by atoms with van der Waals surface area (Å²) < 4.78 is 4.63. The lowest BCUT2D eigenvalue weighted by Crippen LogP contribution is -2.42. The number of amides is 1. The largest absolute Gasteiger partial charge is 0.477 e. The van der Waals surface area contributed by atoms with Crippen LogP contribution in [0.3, 0.4) is 0 Å². The van der Waals surface area contributed by atoms with Gasteiger partial charge in [-0.05, 0) is 45.1 Å². The van der Waals surface area contributed by atoms with Gasteiger partial charge in [0.1, 0.15) is 17.0 Å². The number of hydrogen-bond acceptors (Lipinski definition) is 8. The molecule has 3 atom stereocenters. The van der Waals surface area contributed by atoms with Crippen LogP contribution in [0.2, 0.25) is 0 Å². The molecule has 0 radical (unpaired) electrons. The molecule has 3 aromatic rings. The van der Waals surface area contributed by atoms with Crippen LogP contribution in [-0.2, 0) is 0 Å². The number of aromatic carboxylic acids is 1. The SMILES string of the molecule is Cc1cccc(-c2sc(N)nc2C(=O)N2[C@H](CN)C[C@@H]3C[C@@H]32)c1.Cc1noc(C)c1C(=O)O. The van der Waals surface area contributed by atoms with Gasteiger partial charge in [0.25, 0.3) is 5.91 Å². The van der Waals surface area contributed by atoms with Crippen molar-refractivity contribution >= 4 is 28.3 Å². The van der Waals surface area contributed by atoms with E-state index in [2.05, 4.69) is 20.7 Å². The summed E-state index contributed by atoms with van der Waals surface area (Å²) in [5.41, 5.74) is 15.0. The smallest absolute Gasteiger partial charge is 0.341 e. The first-order valence-corrected chi connectivity index (χ1v) is 11.5. The molecular weight excluding hydrogens is 442 g/mol. The van der Waals surface area contributed by atoms with E-state index >= 15 is 0 Å². The van der Waals surface area contributed by atoms with Crippen LogP contribution in [0.15, 0.2) is 28.8 Å². The number of hydrogen-bond donors (Lipinski definition) is 3. The zero-order chi connectivity index (χ0) is 23.9. The van der Waals surface area contributed by atoms with E-state index in [9.17, 15) is 9.59 Å². The van der Waals surface area contributed by atoms with Crippen molar-refractivity contribution in [3.63, 3.8) is 0 Å². The van der Waals surface area contributed by atoms with Gasteiger partial charge in [-0.1, -0.05) is 46.3 Å². The number of carbonyl (C=O) groups excluding carboxylic acids is 1. The Labute approximate surface area is 195 Å². The zero-order valence-corrected chi connectivity index (χ0v) is 19.6. The Morgan fingerprint density at radius 1 is 1.27 bits per heavy atom. The second-order valence-corrected chi connectivity index (χ2v) is 9.54. The molecule has 1 aliphatic carbocycles. The lowest BCUT2D eigenvalue weighted by Gasteiger charge is -2.26. The monoisotopic (exact) mass is 469 g/mol. The number of nitrogens with two attached hydrogens (primary N) is 2. The normalized spacial score (nSPS) is 20.7.